The molecule has 0 saturated carbocycles. The lowest BCUT2D eigenvalue weighted by Crippen LogP contribution is -2.35. The smallest absolute Gasteiger partial charge is 0.416 e. The van der Waals surface area contributed by atoms with E-state index in [9.17, 15) is 18.0 Å². The van der Waals surface area contributed by atoms with Gasteiger partial charge in [0.1, 0.15) is 12.4 Å². The van der Waals surface area contributed by atoms with E-state index in [0.717, 1.165) is 91.0 Å². The Balaban J connectivity index is 1.15. The van der Waals surface area contributed by atoms with Gasteiger partial charge in [-0.2, -0.15) is 13.2 Å². The molecule has 51 heavy (non-hydrogen) atoms. The molecule has 0 radical (unpaired) electrons. The number of hydrogen-bond acceptors (Lipinski definition) is 5. The summed E-state index contributed by atoms with van der Waals surface area (Å²) in [6.45, 7) is 3.92. The number of para-hydroxylation sites is 1. The van der Waals surface area contributed by atoms with Gasteiger partial charge in [0.2, 0.25) is 0 Å². The summed E-state index contributed by atoms with van der Waals surface area (Å²) in [4.78, 5) is 19.4. The third-order valence-electron chi connectivity index (χ3n) is 9.53. The minimum absolute atomic E-state index is 0.242. The summed E-state index contributed by atoms with van der Waals surface area (Å²) in [5.41, 5.74) is 7.76. The predicted molar refractivity (Wildman–Crippen MR) is 194 cm³/mol. The molecule has 1 atom stereocenters. The number of halogens is 4. The minimum Gasteiger partial charge on any atom is -0.489 e. The first-order chi connectivity index (χ1) is 24.6. The predicted octanol–water partition coefficient (Wildman–Crippen LogP) is 10.3. The molecule has 4 aromatic carbocycles. The number of hydrogen-bond donors (Lipinski definition) is 0. The minimum atomic E-state index is -4.38. The number of nitrogens with zero attached hydrogens (tertiary/aromatic N) is 2. The Morgan fingerprint density at radius 2 is 1.61 bits per heavy atom. The Morgan fingerprint density at radius 3 is 2.33 bits per heavy atom. The second-order valence-electron chi connectivity index (χ2n) is 12.9. The van der Waals surface area contributed by atoms with Crippen LogP contribution in [0, 0.1) is 6.92 Å². The van der Waals surface area contributed by atoms with Gasteiger partial charge in [-0.15, -0.1) is 0 Å². The number of fused-ring (bicyclic) bond motifs is 1. The van der Waals surface area contributed by atoms with Crippen LogP contribution in [0.1, 0.15) is 68.4 Å². The first-order valence-electron chi connectivity index (χ1n) is 17.1. The summed E-state index contributed by atoms with van der Waals surface area (Å²) in [6, 6.07) is 30.8. The van der Waals surface area contributed by atoms with Gasteiger partial charge in [0.25, 0.3) is 0 Å². The Bertz CT molecular complexity index is 1960. The van der Waals surface area contributed by atoms with Crippen LogP contribution in [0.3, 0.4) is 0 Å². The molecule has 0 saturated heterocycles. The van der Waals surface area contributed by atoms with Crippen molar-refractivity contribution in [1.29, 1.82) is 0 Å². The van der Waals surface area contributed by atoms with Gasteiger partial charge in [-0.1, -0.05) is 72.3 Å². The van der Waals surface area contributed by atoms with Gasteiger partial charge in [-0.25, -0.2) is 4.79 Å². The summed E-state index contributed by atoms with van der Waals surface area (Å²) in [5.74, 6) is 0.433. The fourth-order valence-electron chi connectivity index (χ4n) is 6.71. The van der Waals surface area contributed by atoms with E-state index in [1.165, 1.54) is 30.5 Å². The lowest BCUT2D eigenvalue weighted by molar-refractivity contribution is -0.137. The van der Waals surface area contributed by atoms with E-state index >= 15 is 0 Å². The molecule has 0 aliphatic heterocycles. The molecule has 5 nitrogen and oxygen atoms in total. The Labute approximate surface area is 302 Å². The highest BCUT2D eigenvalue weighted by Crippen LogP contribution is 2.35. The van der Waals surface area contributed by atoms with E-state index in [0.29, 0.717) is 16.1 Å². The molecular weight excluding hydrogens is 673 g/mol. The molecule has 1 aliphatic rings. The van der Waals surface area contributed by atoms with Crippen LogP contribution in [-0.4, -0.2) is 36.1 Å². The quantitative estimate of drug-likeness (QED) is 0.121. The van der Waals surface area contributed by atoms with Crippen LogP contribution >= 0.6 is 11.6 Å². The van der Waals surface area contributed by atoms with Crippen molar-refractivity contribution in [3.63, 3.8) is 0 Å². The number of benzene rings is 4. The molecule has 0 amide bonds. The topological polar surface area (TPSA) is 51.7 Å². The zero-order valence-corrected chi connectivity index (χ0v) is 29.4. The van der Waals surface area contributed by atoms with Gasteiger partial charge >= 0.3 is 12.1 Å². The van der Waals surface area contributed by atoms with Crippen LogP contribution in [0.4, 0.5) is 13.2 Å². The summed E-state index contributed by atoms with van der Waals surface area (Å²) in [6.07, 6.45) is 0.329. The van der Waals surface area contributed by atoms with Crippen LogP contribution in [0.25, 0.3) is 11.1 Å². The number of rotatable bonds is 12. The first-order valence-corrected chi connectivity index (χ1v) is 17.5. The maximum Gasteiger partial charge on any atom is 0.416 e. The van der Waals surface area contributed by atoms with Crippen molar-refractivity contribution in [3.8, 4) is 16.9 Å². The number of pyridine rings is 1. The summed E-state index contributed by atoms with van der Waals surface area (Å²) < 4.78 is 50.3. The average molecular weight is 713 g/mol. The van der Waals surface area contributed by atoms with Crippen molar-refractivity contribution in [1.82, 2.24) is 9.88 Å². The van der Waals surface area contributed by atoms with E-state index in [1.807, 2.05) is 61.5 Å². The van der Waals surface area contributed by atoms with E-state index in [2.05, 4.69) is 23.1 Å². The van der Waals surface area contributed by atoms with Gasteiger partial charge < -0.3 is 9.47 Å². The highest BCUT2D eigenvalue weighted by atomic mass is 35.5. The van der Waals surface area contributed by atoms with Gasteiger partial charge in [-0.3, -0.25) is 9.88 Å². The largest absolute Gasteiger partial charge is 0.489 e. The standard InChI is InChI=1S/C42H40ClF3N2O3/c1-28-10-21-36-38(47-28)7-5-8-39(36)48(24-22-29-11-13-32(14-12-29)41(49)50-2)25-23-31-6-3-4-9-40(31)51-27-34-16-15-33(26-37(34)43)30-17-19-35(20-18-30)42(44,45)46/h3-4,6,9-21,26,39H,5,7-8,22-25,27H2,1-2H3. The molecule has 6 rings (SSSR count). The Morgan fingerprint density at radius 1 is 0.882 bits per heavy atom. The van der Waals surface area contributed by atoms with Crippen molar-refractivity contribution in [3.05, 3.63) is 153 Å². The SMILES string of the molecule is COC(=O)c1ccc(CCN(CCc2ccccc2OCc2ccc(-c3ccc(C(F)(F)F)cc3)cc2Cl)C2CCCc3nc(C)ccc32)cc1. The molecule has 1 aliphatic carbocycles. The molecule has 1 unspecified atom stereocenters. The fourth-order valence-corrected chi connectivity index (χ4v) is 6.95. The number of alkyl halides is 3. The molecule has 0 bridgehead atoms. The molecule has 1 aromatic heterocycles. The summed E-state index contributed by atoms with van der Waals surface area (Å²) in [7, 11) is 1.39. The van der Waals surface area contributed by atoms with Gasteiger partial charge in [-0.05, 0) is 109 Å². The first kappa shape index (κ1) is 36.1. The third-order valence-corrected chi connectivity index (χ3v) is 9.88. The average Bonchev–Trinajstić information content (AvgIpc) is 3.14. The van der Waals surface area contributed by atoms with Crippen molar-refractivity contribution in [2.24, 2.45) is 0 Å². The molecule has 9 heteroatoms. The third kappa shape index (κ3) is 8.99. The highest BCUT2D eigenvalue weighted by molar-refractivity contribution is 6.31. The van der Waals surface area contributed by atoms with Crippen LogP contribution in [-0.2, 0) is 36.8 Å². The van der Waals surface area contributed by atoms with Gasteiger partial charge in [0.05, 0.1) is 18.2 Å². The number of aryl methyl sites for hydroxylation is 2. The molecule has 0 fully saturated rings. The van der Waals surface area contributed by atoms with E-state index in [4.69, 9.17) is 26.1 Å². The molecule has 1 heterocycles. The number of aromatic nitrogens is 1. The highest BCUT2D eigenvalue weighted by Gasteiger charge is 2.30. The normalized spacial score (nSPS) is 14.3. The zero-order valence-electron chi connectivity index (χ0n) is 28.7. The number of ether oxygens (including phenoxy) is 2. The van der Waals surface area contributed by atoms with E-state index < -0.39 is 11.7 Å². The Hall–Kier alpha value is -4.66. The van der Waals surface area contributed by atoms with Crippen molar-refractivity contribution < 1.29 is 27.4 Å². The number of carbonyl (C=O) groups is 1. The van der Waals surface area contributed by atoms with E-state index in [1.54, 1.807) is 6.07 Å². The van der Waals surface area contributed by atoms with Crippen LogP contribution in [0.2, 0.25) is 5.02 Å². The van der Waals surface area contributed by atoms with Crippen LogP contribution in [0.5, 0.6) is 5.75 Å². The molecule has 0 N–H and O–H groups in total. The molecule has 0 spiro atoms. The van der Waals surface area contributed by atoms with Crippen LogP contribution in [0.15, 0.2) is 103 Å². The van der Waals surface area contributed by atoms with Crippen molar-refractivity contribution in [2.45, 2.75) is 57.9 Å². The summed E-state index contributed by atoms with van der Waals surface area (Å²) >= 11 is 6.65. The maximum atomic E-state index is 13.0. The number of carbonyl (C=O) groups excluding carboxylic acids is 1. The van der Waals surface area contributed by atoms with Crippen molar-refractivity contribution >= 4 is 17.6 Å². The second kappa shape index (κ2) is 16.1. The van der Waals surface area contributed by atoms with Crippen LogP contribution < -0.4 is 4.74 Å². The zero-order chi connectivity index (χ0) is 36.0. The lowest BCUT2D eigenvalue weighted by Gasteiger charge is -2.36. The Kier molecular flexibility index (Phi) is 11.4. The monoisotopic (exact) mass is 712 g/mol. The molecular formula is C42H40ClF3N2O3. The number of esters is 1. The number of methoxy groups -OCH3 is 1. The molecule has 264 valence electrons. The van der Waals surface area contributed by atoms with E-state index in [-0.39, 0.29) is 18.6 Å². The molecule has 5 aromatic rings. The second-order valence-corrected chi connectivity index (χ2v) is 13.3. The summed E-state index contributed by atoms with van der Waals surface area (Å²) in [5, 5.41) is 0.482. The fraction of sp³-hybridized carbons (Fsp3) is 0.286. The van der Waals surface area contributed by atoms with Gasteiger partial charge in [0, 0.05) is 41.1 Å². The van der Waals surface area contributed by atoms with Gasteiger partial charge in [0.15, 0.2) is 0 Å². The lowest BCUT2D eigenvalue weighted by atomic mass is 9.89. The van der Waals surface area contributed by atoms with Crippen molar-refractivity contribution in [2.75, 3.05) is 20.2 Å². The maximum absolute atomic E-state index is 13.0.